The van der Waals surface area contributed by atoms with E-state index in [-0.39, 0.29) is 0 Å². The summed E-state index contributed by atoms with van der Waals surface area (Å²) < 4.78 is 10.9. The Morgan fingerprint density at radius 3 is 2.28 bits per heavy atom. The van der Waals surface area contributed by atoms with E-state index < -0.39 is 8.07 Å². The highest BCUT2D eigenvalue weighted by Gasteiger charge is 2.29. The molecule has 1 fully saturated rings. The molecule has 2 heterocycles. The van der Waals surface area contributed by atoms with Crippen LogP contribution in [-0.2, 0) is 7.05 Å². The molecule has 0 spiro atoms. The van der Waals surface area contributed by atoms with Gasteiger partial charge in [0.25, 0.3) is 0 Å². The molecule has 32 heavy (non-hydrogen) atoms. The number of hydrogen-bond donors (Lipinski definition) is 0. The van der Waals surface area contributed by atoms with Crippen molar-refractivity contribution in [1.29, 1.82) is 0 Å². The summed E-state index contributed by atoms with van der Waals surface area (Å²) >= 11 is 0. The summed E-state index contributed by atoms with van der Waals surface area (Å²) in [5, 5.41) is 2.48. The van der Waals surface area contributed by atoms with E-state index in [0.29, 0.717) is 23.9 Å². The van der Waals surface area contributed by atoms with Crippen LogP contribution in [0, 0.1) is 6.92 Å². The average Bonchev–Trinajstić information content (AvgIpc) is 2.74. The Labute approximate surface area is 198 Å². The molecule has 0 N–H and O–H groups in total. The molecule has 2 heteroatoms. The van der Waals surface area contributed by atoms with Crippen molar-refractivity contribution in [3.8, 4) is 11.3 Å². The van der Waals surface area contributed by atoms with Gasteiger partial charge in [-0.05, 0) is 77.3 Å². The molecule has 1 saturated heterocycles. The van der Waals surface area contributed by atoms with Gasteiger partial charge in [-0.3, -0.25) is 0 Å². The molecule has 170 valence electrons. The summed E-state index contributed by atoms with van der Waals surface area (Å²) in [7, 11) is 1.09. The number of nitrogens with zero attached hydrogens (tertiary/aromatic N) is 1. The van der Waals surface area contributed by atoms with E-state index in [1.807, 2.05) is 0 Å². The Kier molecular flexibility index (Phi) is 6.01. The van der Waals surface area contributed by atoms with Crippen LogP contribution in [0.25, 0.3) is 22.0 Å². The first-order valence-electron chi connectivity index (χ1n) is 13.1. The number of fused-ring (bicyclic) bond motifs is 1. The van der Waals surface area contributed by atoms with Crippen molar-refractivity contribution in [3.63, 3.8) is 0 Å². The number of aromatic nitrogens is 1. The zero-order chi connectivity index (χ0) is 24.1. The van der Waals surface area contributed by atoms with Crippen LogP contribution in [0.4, 0.5) is 0 Å². The maximum atomic E-state index is 8.77. The average molecular weight is 446 g/mol. The minimum atomic E-state index is -0.958. The van der Waals surface area contributed by atoms with Gasteiger partial charge in [0.2, 0.25) is 5.69 Å². The summed E-state index contributed by atoms with van der Waals surface area (Å²) in [6.07, 6.45) is 3.24. The van der Waals surface area contributed by atoms with Crippen molar-refractivity contribution < 1.29 is 5.94 Å². The first kappa shape index (κ1) is 21.9. The standard InChI is InChI=1S/C30H42NSi/c1-20(2)26-18-28(21(3)4)22(5)29(19-26)30-27-10-9-24(17-25(27)11-14-31(30)6)23-12-15-32(7,8)16-13-23/h9-11,14,17-21,23H,12-13,15-16H2,1-8H3/q+1/i14D. The van der Waals surface area contributed by atoms with Gasteiger partial charge < -0.3 is 0 Å². The normalized spacial score (nSPS) is 17.4. The molecule has 4 rings (SSSR count). The summed E-state index contributed by atoms with van der Waals surface area (Å²) in [6, 6.07) is 16.8. The van der Waals surface area contributed by atoms with Crippen LogP contribution in [-0.4, -0.2) is 8.07 Å². The predicted octanol–water partition coefficient (Wildman–Crippen LogP) is 8.47. The van der Waals surface area contributed by atoms with Crippen molar-refractivity contribution in [1.82, 2.24) is 0 Å². The van der Waals surface area contributed by atoms with Crippen LogP contribution in [0.3, 0.4) is 0 Å². The lowest BCUT2D eigenvalue weighted by molar-refractivity contribution is -0.659. The molecule has 2 aromatic carbocycles. The molecule has 0 saturated carbocycles. The van der Waals surface area contributed by atoms with Crippen molar-refractivity contribution in [2.24, 2.45) is 7.05 Å². The van der Waals surface area contributed by atoms with Gasteiger partial charge in [-0.2, -0.15) is 0 Å². The summed E-state index contributed by atoms with van der Waals surface area (Å²) in [5.74, 6) is 1.63. The summed E-state index contributed by atoms with van der Waals surface area (Å²) in [5.41, 5.74) is 8.09. The molecule has 1 aliphatic heterocycles. The summed E-state index contributed by atoms with van der Waals surface area (Å²) in [4.78, 5) is 0. The first-order valence-corrected chi connectivity index (χ1v) is 16.0. The van der Waals surface area contributed by atoms with Gasteiger partial charge in [0.1, 0.15) is 8.42 Å². The Hall–Kier alpha value is -1.93. The van der Waals surface area contributed by atoms with Crippen LogP contribution in [0.2, 0.25) is 25.2 Å². The molecule has 0 bridgehead atoms. The Bertz CT molecular complexity index is 1180. The minimum Gasteiger partial charge on any atom is -0.200 e. The van der Waals surface area contributed by atoms with E-state index in [0.717, 1.165) is 0 Å². The van der Waals surface area contributed by atoms with E-state index in [1.54, 1.807) is 0 Å². The maximum absolute atomic E-state index is 8.77. The predicted molar refractivity (Wildman–Crippen MR) is 143 cm³/mol. The molecule has 1 nitrogen and oxygen atoms in total. The van der Waals surface area contributed by atoms with Gasteiger partial charge in [0.15, 0.2) is 6.17 Å². The molecule has 0 unspecified atom stereocenters. The zero-order valence-electron chi connectivity index (χ0n) is 22.5. The fraction of sp³-hybridized carbons (Fsp3) is 0.500. The smallest absolute Gasteiger partial charge is 0.200 e. The SMILES string of the molecule is [2H]c1cc2cc(C3CC[Si](C)(C)CC3)ccc2c(-c2cc(C(C)C)cc(C(C)C)c2C)[n+]1C. The maximum Gasteiger partial charge on any atom is 0.220 e. The zero-order valence-corrected chi connectivity index (χ0v) is 22.5. The Balaban J connectivity index is 1.89. The third-order valence-electron chi connectivity index (χ3n) is 7.90. The largest absolute Gasteiger partial charge is 0.220 e. The van der Waals surface area contributed by atoms with Crippen molar-refractivity contribution in [2.75, 3.05) is 0 Å². The van der Waals surface area contributed by atoms with Crippen LogP contribution in [0.1, 0.15) is 81.9 Å². The third-order valence-corrected chi connectivity index (χ3v) is 11.2. The van der Waals surface area contributed by atoms with Crippen LogP contribution in [0.15, 0.2) is 42.6 Å². The second-order valence-electron chi connectivity index (χ2n) is 11.6. The number of benzene rings is 2. The fourth-order valence-electron chi connectivity index (χ4n) is 5.58. The van der Waals surface area contributed by atoms with E-state index >= 15 is 0 Å². The topological polar surface area (TPSA) is 3.88 Å². The van der Waals surface area contributed by atoms with E-state index in [9.17, 15) is 0 Å². The highest BCUT2D eigenvalue weighted by Crippen LogP contribution is 2.40. The van der Waals surface area contributed by atoms with Crippen LogP contribution in [0.5, 0.6) is 0 Å². The monoisotopic (exact) mass is 445 g/mol. The Morgan fingerprint density at radius 1 is 0.969 bits per heavy atom. The van der Waals surface area contributed by atoms with Gasteiger partial charge >= 0.3 is 0 Å². The lowest BCUT2D eigenvalue weighted by Gasteiger charge is -2.33. The molecule has 0 atom stereocenters. The molecule has 0 amide bonds. The quantitative estimate of drug-likeness (QED) is 0.280. The van der Waals surface area contributed by atoms with Gasteiger partial charge in [-0.1, -0.05) is 71.1 Å². The van der Waals surface area contributed by atoms with Crippen LogP contribution >= 0.6 is 0 Å². The fourth-order valence-corrected chi connectivity index (χ4v) is 8.09. The highest BCUT2D eigenvalue weighted by atomic mass is 28.3. The van der Waals surface area contributed by atoms with E-state index in [2.05, 4.69) is 95.7 Å². The number of pyridine rings is 1. The second-order valence-corrected chi connectivity index (χ2v) is 16.9. The summed E-state index contributed by atoms with van der Waals surface area (Å²) in [6.45, 7) is 16.5. The second kappa shape index (κ2) is 8.78. The number of hydrogen-bond acceptors (Lipinski definition) is 0. The third kappa shape index (κ3) is 4.44. The molecule has 0 radical (unpaired) electrons. The van der Waals surface area contributed by atoms with Crippen molar-refractivity contribution in [3.05, 3.63) is 64.8 Å². The van der Waals surface area contributed by atoms with E-state index in [1.165, 1.54) is 69.2 Å². The molecule has 1 aliphatic rings. The molecule has 3 aromatic rings. The molecular formula is C30H42NSi+. The van der Waals surface area contributed by atoms with Crippen molar-refractivity contribution >= 4 is 18.8 Å². The Morgan fingerprint density at radius 2 is 1.66 bits per heavy atom. The minimum absolute atomic E-state index is 0.475. The molecule has 0 aliphatic carbocycles. The lowest BCUT2D eigenvalue weighted by atomic mass is 9.86. The highest BCUT2D eigenvalue weighted by molar-refractivity contribution is 6.77. The first-order chi connectivity index (χ1) is 15.5. The molecular weight excluding hydrogens is 402 g/mol. The van der Waals surface area contributed by atoms with Gasteiger partial charge in [-0.25, -0.2) is 4.57 Å². The lowest BCUT2D eigenvalue weighted by Crippen LogP contribution is -2.31. The number of rotatable bonds is 4. The van der Waals surface area contributed by atoms with Crippen molar-refractivity contribution in [2.45, 2.75) is 90.4 Å². The van der Waals surface area contributed by atoms with E-state index in [4.69, 9.17) is 1.37 Å². The van der Waals surface area contributed by atoms with Gasteiger partial charge in [0, 0.05) is 14.1 Å². The van der Waals surface area contributed by atoms with Crippen LogP contribution < -0.4 is 4.57 Å². The molecule has 1 aromatic heterocycles. The van der Waals surface area contributed by atoms with Gasteiger partial charge in [-0.15, -0.1) is 0 Å². The van der Waals surface area contributed by atoms with Gasteiger partial charge in [0.05, 0.1) is 10.9 Å².